The highest BCUT2D eigenvalue weighted by molar-refractivity contribution is 5.92. The Morgan fingerprint density at radius 1 is 1.20 bits per heavy atom. The largest absolute Gasteiger partial charge is 0.489 e. The van der Waals surface area contributed by atoms with Gasteiger partial charge in [-0.25, -0.2) is 0 Å². The fourth-order valence-corrected chi connectivity index (χ4v) is 2.16. The Labute approximate surface area is 149 Å². The van der Waals surface area contributed by atoms with Gasteiger partial charge in [-0.1, -0.05) is 49.4 Å². The predicted octanol–water partition coefficient (Wildman–Crippen LogP) is 4.36. The van der Waals surface area contributed by atoms with E-state index in [0.29, 0.717) is 18.8 Å². The van der Waals surface area contributed by atoms with Crippen molar-refractivity contribution in [2.24, 2.45) is 0 Å². The predicted molar refractivity (Wildman–Crippen MR) is 101 cm³/mol. The van der Waals surface area contributed by atoms with Crippen LogP contribution in [0.1, 0.15) is 41.9 Å². The summed E-state index contributed by atoms with van der Waals surface area (Å²) in [6, 6.07) is 13.6. The van der Waals surface area contributed by atoms with Gasteiger partial charge in [0, 0.05) is 12.7 Å². The summed E-state index contributed by atoms with van der Waals surface area (Å²) >= 11 is 0. The van der Waals surface area contributed by atoms with Crippen LogP contribution in [0.2, 0.25) is 0 Å². The molecule has 2 aromatic rings. The highest BCUT2D eigenvalue weighted by Gasteiger charge is 2.05. The maximum Gasteiger partial charge on any atom is 0.269 e. The monoisotopic (exact) mass is 336 g/mol. The minimum absolute atomic E-state index is 0.147. The summed E-state index contributed by atoms with van der Waals surface area (Å²) in [4.78, 5) is 16.1. The van der Waals surface area contributed by atoms with Gasteiger partial charge in [-0.05, 0) is 42.7 Å². The second-order valence-corrected chi connectivity index (χ2v) is 5.55. The summed E-state index contributed by atoms with van der Waals surface area (Å²) in [6.45, 7) is 5.11. The number of pyridine rings is 1. The molecule has 0 bridgehead atoms. The van der Waals surface area contributed by atoms with Gasteiger partial charge in [0.15, 0.2) is 0 Å². The molecule has 1 heterocycles. The number of carbonyl (C=O) groups is 1. The summed E-state index contributed by atoms with van der Waals surface area (Å²) in [5.41, 5.74) is 2.41. The van der Waals surface area contributed by atoms with Crippen LogP contribution in [0.4, 0.5) is 0 Å². The van der Waals surface area contributed by atoms with E-state index in [1.54, 1.807) is 12.3 Å². The van der Waals surface area contributed by atoms with Gasteiger partial charge < -0.3 is 10.1 Å². The fourth-order valence-electron chi connectivity index (χ4n) is 2.16. The van der Waals surface area contributed by atoms with Crippen molar-refractivity contribution in [3.63, 3.8) is 0 Å². The first-order valence-electron chi connectivity index (χ1n) is 8.48. The molecular weight excluding hydrogens is 312 g/mol. The molecular formula is C21H24N2O2. The van der Waals surface area contributed by atoms with Gasteiger partial charge in [-0.2, -0.15) is 0 Å². The van der Waals surface area contributed by atoms with Crippen molar-refractivity contribution >= 4 is 12.0 Å². The van der Waals surface area contributed by atoms with Crippen molar-refractivity contribution in [3.05, 3.63) is 83.4 Å². The molecule has 0 radical (unpaired) electrons. The molecule has 4 nitrogen and oxygen atoms in total. The smallest absolute Gasteiger partial charge is 0.269 e. The van der Waals surface area contributed by atoms with E-state index < -0.39 is 0 Å². The number of aromatic nitrogens is 1. The number of hydrogen-bond donors (Lipinski definition) is 1. The lowest BCUT2D eigenvalue weighted by Crippen LogP contribution is -2.24. The lowest BCUT2D eigenvalue weighted by atomic mass is 10.2. The normalized spacial score (nSPS) is 11.5. The topological polar surface area (TPSA) is 51.2 Å². The molecule has 1 N–H and O–H groups in total. The minimum Gasteiger partial charge on any atom is -0.489 e. The second kappa shape index (κ2) is 10.1. The highest BCUT2D eigenvalue weighted by atomic mass is 16.5. The van der Waals surface area contributed by atoms with Gasteiger partial charge in [0.2, 0.25) is 0 Å². The van der Waals surface area contributed by atoms with Crippen LogP contribution in [-0.4, -0.2) is 17.4 Å². The van der Waals surface area contributed by atoms with Gasteiger partial charge >= 0.3 is 0 Å². The molecule has 0 unspecified atom stereocenters. The Bertz CT molecular complexity index is 719. The van der Waals surface area contributed by atoms with Crippen LogP contribution in [-0.2, 0) is 11.3 Å². The Morgan fingerprint density at radius 3 is 2.64 bits per heavy atom. The summed E-state index contributed by atoms with van der Waals surface area (Å²) in [7, 11) is 0. The molecule has 0 spiro atoms. The van der Waals surface area contributed by atoms with E-state index >= 15 is 0 Å². The second-order valence-electron chi connectivity index (χ2n) is 5.55. The molecule has 2 rings (SSSR count). The van der Waals surface area contributed by atoms with Crippen LogP contribution in [0.3, 0.4) is 0 Å². The standard InChI is InChI=1S/C21H24N2O2/c1-3-8-19(25-16-17-9-6-5-7-10-17)14-18-11-12-20(23-15-18)21(24)22-13-4-2/h3,5-12,14-15H,4,13,16H2,1-2H3,(H,22,24)/b8-3-,19-14+. The first-order chi connectivity index (χ1) is 12.2. The number of nitrogens with zero attached hydrogens (tertiary/aromatic N) is 1. The van der Waals surface area contributed by atoms with Gasteiger partial charge in [0.25, 0.3) is 5.91 Å². The van der Waals surface area contributed by atoms with Crippen molar-refractivity contribution in [3.8, 4) is 0 Å². The van der Waals surface area contributed by atoms with E-state index in [9.17, 15) is 4.79 Å². The number of nitrogens with one attached hydrogen (secondary N) is 1. The Morgan fingerprint density at radius 2 is 2.00 bits per heavy atom. The Balaban J connectivity index is 2.04. The van der Waals surface area contributed by atoms with Gasteiger partial charge in [-0.15, -0.1) is 0 Å². The Kier molecular flexibility index (Phi) is 7.44. The number of benzene rings is 1. The SMILES string of the molecule is C/C=C\C(=C/c1ccc(C(=O)NCCC)nc1)OCc1ccccc1. The molecule has 130 valence electrons. The van der Waals surface area contributed by atoms with Gasteiger partial charge in [-0.3, -0.25) is 9.78 Å². The van der Waals surface area contributed by atoms with E-state index in [1.165, 1.54) is 0 Å². The molecule has 4 heteroatoms. The zero-order valence-electron chi connectivity index (χ0n) is 14.7. The van der Waals surface area contributed by atoms with Crippen LogP contribution in [0, 0.1) is 0 Å². The number of amides is 1. The van der Waals surface area contributed by atoms with E-state index in [4.69, 9.17) is 4.74 Å². The zero-order valence-corrected chi connectivity index (χ0v) is 14.7. The summed E-state index contributed by atoms with van der Waals surface area (Å²) in [5.74, 6) is 0.600. The van der Waals surface area contributed by atoms with Crippen LogP contribution >= 0.6 is 0 Å². The minimum atomic E-state index is -0.147. The molecule has 1 amide bonds. The maximum atomic E-state index is 11.9. The van der Waals surface area contributed by atoms with Crippen LogP contribution in [0.15, 0.2) is 66.6 Å². The quantitative estimate of drug-likeness (QED) is 0.576. The maximum absolute atomic E-state index is 11.9. The van der Waals surface area contributed by atoms with E-state index in [2.05, 4.69) is 10.3 Å². The van der Waals surface area contributed by atoms with Crippen molar-refractivity contribution in [1.82, 2.24) is 10.3 Å². The lowest BCUT2D eigenvalue weighted by molar-refractivity contribution is 0.0948. The van der Waals surface area contributed by atoms with Gasteiger partial charge in [0.1, 0.15) is 18.1 Å². The van der Waals surface area contributed by atoms with Crippen LogP contribution in [0.5, 0.6) is 0 Å². The van der Waals surface area contributed by atoms with E-state index in [-0.39, 0.29) is 5.91 Å². The average molecular weight is 336 g/mol. The average Bonchev–Trinajstić information content (AvgIpc) is 2.66. The van der Waals surface area contributed by atoms with Crippen molar-refractivity contribution in [2.75, 3.05) is 6.54 Å². The summed E-state index contributed by atoms with van der Waals surface area (Å²) < 4.78 is 5.87. The third-order valence-corrected chi connectivity index (χ3v) is 3.44. The molecule has 1 aromatic carbocycles. The van der Waals surface area contributed by atoms with Crippen molar-refractivity contribution in [1.29, 1.82) is 0 Å². The molecule has 25 heavy (non-hydrogen) atoms. The zero-order chi connectivity index (χ0) is 17.9. The lowest BCUT2D eigenvalue weighted by Gasteiger charge is -2.08. The number of hydrogen-bond acceptors (Lipinski definition) is 3. The van der Waals surface area contributed by atoms with E-state index in [1.807, 2.05) is 68.5 Å². The molecule has 0 atom stereocenters. The summed E-state index contributed by atoms with van der Waals surface area (Å²) in [5, 5.41) is 2.81. The first kappa shape index (κ1) is 18.5. The van der Waals surface area contributed by atoms with Crippen LogP contribution < -0.4 is 5.32 Å². The third-order valence-electron chi connectivity index (χ3n) is 3.44. The van der Waals surface area contributed by atoms with E-state index in [0.717, 1.165) is 23.3 Å². The highest BCUT2D eigenvalue weighted by Crippen LogP contribution is 2.12. The molecule has 0 saturated heterocycles. The van der Waals surface area contributed by atoms with Crippen LogP contribution in [0.25, 0.3) is 6.08 Å². The first-order valence-corrected chi connectivity index (χ1v) is 8.48. The molecule has 0 aliphatic heterocycles. The number of carbonyl (C=O) groups excluding carboxylic acids is 1. The van der Waals surface area contributed by atoms with Gasteiger partial charge in [0.05, 0.1) is 0 Å². The van der Waals surface area contributed by atoms with Crippen molar-refractivity contribution in [2.45, 2.75) is 26.9 Å². The van der Waals surface area contributed by atoms with Crippen molar-refractivity contribution < 1.29 is 9.53 Å². The molecule has 0 aliphatic rings. The fraction of sp³-hybridized carbons (Fsp3) is 0.238. The summed E-state index contributed by atoms with van der Waals surface area (Å²) in [6.07, 6.45) is 8.32. The Hall–Kier alpha value is -2.88. The number of allylic oxidation sites excluding steroid dienone is 2. The third kappa shape index (κ3) is 6.26. The molecule has 0 aliphatic carbocycles. The molecule has 1 aromatic heterocycles. The molecule has 0 saturated carbocycles. The molecule has 0 fully saturated rings. The number of rotatable bonds is 8. The number of ether oxygens (including phenoxy) is 1.